The second kappa shape index (κ2) is 9.86. The Kier molecular flexibility index (Phi) is 6.74. The van der Waals surface area contributed by atoms with Gasteiger partial charge in [0.25, 0.3) is 5.91 Å². The summed E-state index contributed by atoms with van der Waals surface area (Å²) in [4.78, 5) is 25.4. The van der Waals surface area contributed by atoms with Gasteiger partial charge in [0.05, 0.1) is 5.75 Å². The molecule has 33 heavy (non-hydrogen) atoms. The van der Waals surface area contributed by atoms with Gasteiger partial charge >= 0.3 is 0 Å². The largest absolute Gasteiger partial charge is 0.360 e. The number of anilines is 1. The summed E-state index contributed by atoms with van der Waals surface area (Å²) in [7, 11) is 0. The van der Waals surface area contributed by atoms with E-state index in [0.29, 0.717) is 18.1 Å². The highest BCUT2D eigenvalue weighted by Gasteiger charge is 2.17. The molecule has 0 saturated heterocycles. The number of hydrogen-bond donors (Lipinski definition) is 2. The average Bonchev–Trinajstić information content (AvgIpc) is 3.35. The maximum atomic E-state index is 13.8. The van der Waals surface area contributed by atoms with Crippen LogP contribution in [0.3, 0.4) is 0 Å². The zero-order valence-corrected chi connectivity index (χ0v) is 18.4. The molecule has 0 atom stereocenters. The monoisotopic (exact) mass is 470 g/mol. The summed E-state index contributed by atoms with van der Waals surface area (Å²) in [6, 6.07) is 12.6. The van der Waals surface area contributed by atoms with E-state index in [9.17, 15) is 18.4 Å². The molecule has 0 radical (unpaired) electrons. The lowest BCUT2D eigenvalue weighted by atomic mass is 10.2. The molecule has 2 aromatic carbocycles. The predicted molar refractivity (Wildman–Crippen MR) is 121 cm³/mol. The lowest BCUT2D eigenvalue weighted by Gasteiger charge is -2.09. The summed E-state index contributed by atoms with van der Waals surface area (Å²) >= 11 is 1.37. The van der Waals surface area contributed by atoms with Gasteiger partial charge in [-0.1, -0.05) is 29.4 Å². The molecule has 10 heteroatoms. The van der Waals surface area contributed by atoms with Gasteiger partial charge in [0.15, 0.2) is 5.82 Å². The van der Waals surface area contributed by atoms with E-state index in [1.165, 1.54) is 17.8 Å². The van der Waals surface area contributed by atoms with E-state index in [4.69, 9.17) is 4.52 Å². The Bertz CT molecular complexity index is 1300. The van der Waals surface area contributed by atoms with E-state index >= 15 is 0 Å². The molecule has 0 fully saturated rings. The minimum Gasteiger partial charge on any atom is -0.360 e. The molecule has 2 heterocycles. The van der Waals surface area contributed by atoms with Gasteiger partial charge < -0.3 is 19.7 Å². The molecule has 7 nitrogen and oxygen atoms in total. The summed E-state index contributed by atoms with van der Waals surface area (Å²) < 4.78 is 34.5. The van der Waals surface area contributed by atoms with Crippen molar-refractivity contribution in [3.05, 3.63) is 77.7 Å². The number of aromatic nitrogens is 2. The molecule has 2 aromatic heterocycles. The number of carbonyl (C=O) groups excluding carboxylic acids is 2. The number of fused-ring (bicyclic) bond motifs is 1. The quantitative estimate of drug-likeness (QED) is 0.373. The first-order valence-electron chi connectivity index (χ1n) is 10.1. The summed E-state index contributed by atoms with van der Waals surface area (Å²) in [5.74, 6) is -1.70. The van der Waals surface area contributed by atoms with Crippen molar-refractivity contribution >= 4 is 40.3 Å². The van der Waals surface area contributed by atoms with Gasteiger partial charge in [-0.15, -0.1) is 11.8 Å². The van der Waals surface area contributed by atoms with Crippen LogP contribution in [0, 0.1) is 18.6 Å². The number of aryl methyl sites for hydroxylation is 1. The van der Waals surface area contributed by atoms with Gasteiger partial charge in [-0.25, -0.2) is 8.78 Å². The van der Waals surface area contributed by atoms with E-state index in [2.05, 4.69) is 15.8 Å². The highest BCUT2D eigenvalue weighted by atomic mass is 32.2. The molecular formula is C23H20F2N4O3S. The minimum absolute atomic E-state index is 0.168. The maximum Gasteiger partial charge on any atom is 0.257 e. The minimum atomic E-state index is -0.906. The number of rotatable bonds is 8. The van der Waals surface area contributed by atoms with Gasteiger partial charge in [0, 0.05) is 41.2 Å². The zero-order valence-electron chi connectivity index (χ0n) is 17.6. The van der Waals surface area contributed by atoms with Crippen LogP contribution in [0.15, 0.2) is 64.1 Å². The molecule has 0 bridgehead atoms. The molecule has 4 aromatic rings. The standard InChI is InChI=1S/C23H20F2N4O3S/c1-14-11-20(28-32-14)27-21(30)13-33-19-12-29(18-8-3-2-5-15(18)19)10-9-26-23(31)22-16(24)6-4-7-17(22)25/h2-8,11-12H,9-10,13H2,1H3,(H,26,31)(H,27,28,30). The van der Waals surface area contributed by atoms with Crippen molar-refractivity contribution < 1.29 is 22.9 Å². The Morgan fingerprint density at radius 2 is 1.88 bits per heavy atom. The van der Waals surface area contributed by atoms with Crippen molar-refractivity contribution in [2.45, 2.75) is 18.4 Å². The van der Waals surface area contributed by atoms with E-state index in [1.807, 2.05) is 35.0 Å². The fourth-order valence-corrected chi connectivity index (χ4v) is 4.24. The van der Waals surface area contributed by atoms with Gasteiger partial charge in [-0.05, 0) is 25.1 Å². The van der Waals surface area contributed by atoms with E-state index in [-0.39, 0.29) is 18.2 Å². The third kappa shape index (κ3) is 5.23. The van der Waals surface area contributed by atoms with Gasteiger partial charge in [-0.2, -0.15) is 0 Å². The molecule has 0 spiro atoms. The number of halogens is 2. The molecule has 0 aliphatic carbocycles. The number of thioether (sulfide) groups is 1. The number of amides is 2. The number of nitrogens with zero attached hydrogens (tertiary/aromatic N) is 2. The zero-order chi connectivity index (χ0) is 23.4. The van der Waals surface area contributed by atoms with Crippen molar-refractivity contribution in [1.82, 2.24) is 15.0 Å². The Hall–Kier alpha value is -3.66. The first-order chi connectivity index (χ1) is 15.9. The number of hydrogen-bond acceptors (Lipinski definition) is 5. The summed E-state index contributed by atoms with van der Waals surface area (Å²) in [6.45, 7) is 2.29. The Labute approximate surface area is 192 Å². The van der Waals surface area contributed by atoms with E-state index < -0.39 is 23.1 Å². The van der Waals surface area contributed by atoms with Crippen LogP contribution in [-0.4, -0.2) is 33.8 Å². The van der Waals surface area contributed by atoms with E-state index in [1.54, 1.807) is 13.0 Å². The molecule has 2 N–H and O–H groups in total. The predicted octanol–water partition coefficient (Wildman–Crippen LogP) is 4.38. The van der Waals surface area contributed by atoms with Crippen molar-refractivity contribution in [3.8, 4) is 0 Å². The first-order valence-corrected chi connectivity index (χ1v) is 11.1. The molecular weight excluding hydrogens is 450 g/mol. The fraction of sp³-hybridized carbons (Fsp3) is 0.174. The highest BCUT2D eigenvalue weighted by Crippen LogP contribution is 2.30. The van der Waals surface area contributed by atoms with Crippen LogP contribution in [0.4, 0.5) is 14.6 Å². The van der Waals surface area contributed by atoms with Crippen LogP contribution in [0.25, 0.3) is 10.9 Å². The topological polar surface area (TPSA) is 89.2 Å². The summed E-state index contributed by atoms with van der Waals surface area (Å²) in [5.41, 5.74) is 0.318. The molecule has 170 valence electrons. The van der Waals surface area contributed by atoms with Crippen LogP contribution < -0.4 is 10.6 Å². The summed E-state index contributed by atoms with van der Waals surface area (Å²) in [6.07, 6.45) is 1.89. The maximum absolute atomic E-state index is 13.8. The number of carbonyl (C=O) groups is 2. The average molecular weight is 471 g/mol. The number of nitrogens with one attached hydrogen (secondary N) is 2. The molecule has 0 aliphatic rings. The lowest BCUT2D eigenvalue weighted by Crippen LogP contribution is -2.28. The molecule has 4 rings (SSSR count). The van der Waals surface area contributed by atoms with Crippen molar-refractivity contribution in [2.24, 2.45) is 0 Å². The van der Waals surface area contributed by atoms with Crippen molar-refractivity contribution in [1.29, 1.82) is 0 Å². The van der Waals surface area contributed by atoms with Gasteiger partial charge in [0.1, 0.15) is 23.0 Å². The summed E-state index contributed by atoms with van der Waals surface area (Å²) in [5, 5.41) is 9.94. The molecule has 2 amide bonds. The smallest absolute Gasteiger partial charge is 0.257 e. The second-order valence-electron chi connectivity index (χ2n) is 7.22. The molecule has 0 unspecified atom stereocenters. The van der Waals surface area contributed by atoms with Crippen LogP contribution in [-0.2, 0) is 11.3 Å². The SMILES string of the molecule is Cc1cc(NC(=O)CSc2cn(CCNC(=O)c3c(F)cccc3F)c3ccccc23)no1. The molecule has 0 aliphatic heterocycles. The third-order valence-corrected chi connectivity index (χ3v) is 5.88. The van der Waals surface area contributed by atoms with Crippen molar-refractivity contribution in [2.75, 3.05) is 17.6 Å². The highest BCUT2D eigenvalue weighted by molar-refractivity contribution is 8.00. The third-order valence-electron chi connectivity index (χ3n) is 4.83. The van der Waals surface area contributed by atoms with E-state index in [0.717, 1.165) is 27.9 Å². The Balaban J connectivity index is 1.40. The van der Waals surface area contributed by atoms with Crippen LogP contribution in [0.2, 0.25) is 0 Å². The number of para-hydroxylation sites is 1. The van der Waals surface area contributed by atoms with Crippen LogP contribution in [0.1, 0.15) is 16.1 Å². The van der Waals surface area contributed by atoms with Gasteiger partial charge in [0.2, 0.25) is 5.91 Å². The van der Waals surface area contributed by atoms with Gasteiger partial charge in [-0.3, -0.25) is 9.59 Å². The Morgan fingerprint density at radius 3 is 2.61 bits per heavy atom. The van der Waals surface area contributed by atoms with Crippen molar-refractivity contribution in [3.63, 3.8) is 0 Å². The molecule has 0 saturated carbocycles. The number of benzene rings is 2. The normalized spacial score (nSPS) is 11.0. The first kappa shape index (κ1) is 22.5. The van der Waals surface area contributed by atoms with Crippen LogP contribution >= 0.6 is 11.8 Å². The second-order valence-corrected chi connectivity index (χ2v) is 8.23. The van der Waals surface area contributed by atoms with Crippen LogP contribution in [0.5, 0.6) is 0 Å². The fourth-order valence-electron chi connectivity index (χ4n) is 3.35. The Morgan fingerprint density at radius 1 is 1.12 bits per heavy atom. The lowest BCUT2D eigenvalue weighted by molar-refractivity contribution is -0.113.